The molecule has 1 unspecified atom stereocenters. The fourth-order valence-corrected chi connectivity index (χ4v) is 4.19. The van der Waals surface area contributed by atoms with Gasteiger partial charge in [0.25, 0.3) is 10.2 Å². The number of halogens is 2. The van der Waals surface area contributed by atoms with E-state index in [0.29, 0.717) is 31.7 Å². The highest BCUT2D eigenvalue weighted by Crippen LogP contribution is 2.27. The van der Waals surface area contributed by atoms with Crippen molar-refractivity contribution in [3.8, 4) is 0 Å². The number of unbranched alkanes of at least 4 members (excludes halogenated alkanes) is 1. The van der Waals surface area contributed by atoms with E-state index in [1.165, 1.54) is 20.7 Å². The molecule has 1 N–H and O–H groups in total. The third-order valence-corrected chi connectivity index (χ3v) is 5.94. The zero-order chi connectivity index (χ0) is 16.2. The quantitative estimate of drug-likeness (QED) is 0.840. The normalized spacial score (nSPS) is 19.6. The first-order valence-corrected chi connectivity index (χ1v) is 9.05. The van der Waals surface area contributed by atoms with Crippen molar-refractivity contribution in [2.45, 2.75) is 25.8 Å². The minimum Gasteiger partial charge on any atom is -0.313 e. The maximum Gasteiger partial charge on any atom is 0.282 e. The molecule has 0 aliphatic carbocycles. The largest absolute Gasteiger partial charge is 0.313 e. The maximum absolute atomic E-state index is 13.5. The lowest BCUT2D eigenvalue weighted by atomic mass is 10.1. The van der Waals surface area contributed by atoms with E-state index in [4.69, 9.17) is 0 Å². The number of rotatable bonds is 6. The first kappa shape index (κ1) is 20.3. The molecule has 5 nitrogen and oxygen atoms in total. The van der Waals surface area contributed by atoms with Gasteiger partial charge in [-0.2, -0.15) is 17.0 Å². The number of hydrogen-bond acceptors (Lipinski definition) is 3. The van der Waals surface area contributed by atoms with Gasteiger partial charge in [0.15, 0.2) is 0 Å². The van der Waals surface area contributed by atoms with Gasteiger partial charge in [-0.1, -0.05) is 25.5 Å². The molecule has 1 atom stereocenters. The smallest absolute Gasteiger partial charge is 0.282 e. The Morgan fingerprint density at radius 3 is 2.83 bits per heavy atom. The lowest BCUT2D eigenvalue weighted by Crippen LogP contribution is -2.52. The summed E-state index contributed by atoms with van der Waals surface area (Å²) >= 11 is 0. The van der Waals surface area contributed by atoms with Crippen molar-refractivity contribution in [2.24, 2.45) is 0 Å². The Morgan fingerprint density at radius 1 is 1.43 bits per heavy atom. The van der Waals surface area contributed by atoms with Crippen molar-refractivity contribution in [1.29, 1.82) is 0 Å². The van der Waals surface area contributed by atoms with Gasteiger partial charge < -0.3 is 5.32 Å². The second-order valence-corrected chi connectivity index (χ2v) is 7.56. The molecule has 1 heterocycles. The first-order valence-electron chi connectivity index (χ1n) is 7.66. The van der Waals surface area contributed by atoms with E-state index in [1.54, 1.807) is 19.2 Å². The highest BCUT2D eigenvalue weighted by molar-refractivity contribution is 7.86. The minimum atomic E-state index is -3.54. The van der Waals surface area contributed by atoms with E-state index in [-0.39, 0.29) is 24.3 Å². The van der Waals surface area contributed by atoms with Gasteiger partial charge in [-0.3, -0.25) is 0 Å². The Labute approximate surface area is 144 Å². The van der Waals surface area contributed by atoms with Gasteiger partial charge >= 0.3 is 0 Å². The molecule has 1 fully saturated rings. The van der Waals surface area contributed by atoms with Gasteiger partial charge in [0, 0.05) is 33.2 Å². The van der Waals surface area contributed by atoms with Crippen LogP contribution in [0.2, 0.25) is 0 Å². The van der Waals surface area contributed by atoms with Crippen LogP contribution in [0.4, 0.5) is 4.39 Å². The van der Waals surface area contributed by atoms with Crippen LogP contribution in [0.1, 0.15) is 31.4 Å². The summed E-state index contributed by atoms with van der Waals surface area (Å²) in [5.74, 6) is -0.347. The maximum atomic E-state index is 13.5. The molecule has 1 aromatic rings. The summed E-state index contributed by atoms with van der Waals surface area (Å²) in [4.78, 5) is 0. The van der Waals surface area contributed by atoms with Gasteiger partial charge in [0.05, 0.1) is 6.04 Å². The SMILES string of the molecule is CCCCN(C)S(=O)(=O)N1CCNCC1c1cccc(F)c1.Cl. The molecule has 8 heteroatoms. The minimum absolute atomic E-state index is 0. The Hall–Kier alpha value is -0.730. The molecule has 1 aromatic carbocycles. The molecule has 0 bridgehead atoms. The Kier molecular flexibility index (Phi) is 7.89. The molecule has 1 aliphatic heterocycles. The van der Waals surface area contributed by atoms with Crippen molar-refractivity contribution >= 4 is 22.6 Å². The van der Waals surface area contributed by atoms with Crippen molar-refractivity contribution in [3.05, 3.63) is 35.6 Å². The van der Waals surface area contributed by atoms with Crippen LogP contribution in [0.3, 0.4) is 0 Å². The summed E-state index contributed by atoms with van der Waals surface area (Å²) in [6, 6.07) is 5.79. The summed E-state index contributed by atoms with van der Waals surface area (Å²) < 4.78 is 41.9. The van der Waals surface area contributed by atoms with E-state index in [9.17, 15) is 12.8 Å². The number of nitrogens with zero attached hydrogens (tertiary/aromatic N) is 2. The number of piperazine rings is 1. The predicted molar refractivity (Wildman–Crippen MR) is 92.4 cm³/mol. The summed E-state index contributed by atoms with van der Waals surface area (Å²) in [6.45, 7) is 4.01. The molecule has 132 valence electrons. The van der Waals surface area contributed by atoms with Gasteiger partial charge in [0.2, 0.25) is 0 Å². The molecular formula is C15H25ClFN3O2S. The van der Waals surface area contributed by atoms with Crippen LogP contribution in [0.25, 0.3) is 0 Å². The second-order valence-electron chi connectivity index (χ2n) is 5.57. The van der Waals surface area contributed by atoms with Gasteiger partial charge in [0.1, 0.15) is 5.82 Å². The summed E-state index contributed by atoms with van der Waals surface area (Å²) in [5, 5.41) is 3.19. The molecule has 23 heavy (non-hydrogen) atoms. The van der Waals surface area contributed by atoms with Crippen molar-refractivity contribution < 1.29 is 12.8 Å². The molecule has 0 saturated carbocycles. The van der Waals surface area contributed by atoms with E-state index in [0.717, 1.165) is 12.8 Å². The van der Waals surface area contributed by atoms with Gasteiger partial charge in [-0.05, 0) is 24.1 Å². The molecular weight excluding hydrogens is 341 g/mol. The fraction of sp³-hybridized carbons (Fsp3) is 0.600. The highest BCUT2D eigenvalue weighted by atomic mass is 35.5. The molecule has 0 aromatic heterocycles. The number of benzene rings is 1. The van der Waals surface area contributed by atoms with Crippen LogP contribution in [-0.2, 0) is 10.2 Å². The number of hydrogen-bond donors (Lipinski definition) is 1. The lowest BCUT2D eigenvalue weighted by Gasteiger charge is -2.37. The standard InChI is InChI=1S/C15H24FN3O2S.ClH/c1-3-4-9-18(2)22(20,21)19-10-8-17-12-15(19)13-6-5-7-14(16)11-13;/h5-7,11,15,17H,3-4,8-10,12H2,1-2H3;1H. The molecule has 1 saturated heterocycles. The topological polar surface area (TPSA) is 52.7 Å². The van der Waals surface area contributed by atoms with Crippen LogP contribution in [0.5, 0.6) is 0 Å². The predicted octanol–water partition coefficient (Wildman–Crippen LogP) is 2.17. The van der Waals surface area contributed by atoms with Crippen LogP contribution in [0, 0.1) is 5.82 Å². The monoisotopic (exact) mass is 365 g/mol. The van der Waals surface area contributed by atoms with Gasteiger partial charge in [-0.25, -0.2) is 4.39 Å². The van der Waals surface area contributed by atoms with Crippen LogP contribution < -0.4 is 5.32 Å². The summed E-state index contributed by atoms with van der Waals surface area (Å²) in [6.07, 6.45) is 1.77. The second kappa shape index (κ2) is 8.94. The van der Waals surface area contributed by atoms with Crippen molar-refractivity contribution in [3.63, 3.8) is 0 Å². The molecule has 0 spiro atoms. The van der Waals surface area contributed by atoms with Crippen LogP contribution in [-0.4, -0.2) is 50.3 Å². The van der Waals surface area contributed by atoms with Crippen LogP contribution >= 0.6 is 12.4 Å². The molecule has 0 amide bonds. The molecule has 0 radical (unpaired) electrons. The van der Waals surface area contributed by atoms with Crippen molar-refractivity contribution in [2.75, 3.05) is 33.2 Å². The van der Waals surface area contributed by atoms with E-state index >= 15 is 0 Å². The summed E-state index contributed by atoms with van der Waals surface area (Å²) in [5.41, 5.74) is 0.680. The zero-order valence-electron chi connectivity index (χ0n) is 13.5. The Morgan fingerprint density at radius 2 is 2.17 bits per heavy atom. The van der Waals surface area contributed by atoms with E-state index in [2.05, 4.69) is 5.32 Å². The third kappa shape index (κ3) is 4.87. The average molecular weight is 366 g/mol. The lowest BCUT2D eigenvalue weighted by molar-refractivity contribution is 0.251. The Bertz CT molecular complexity index is 600. The Balaban J connectivity index is 0.00000264. The zero-order valence-corrected chi connectivity index (χ0v) is 15.2. The number of nitrogens with one attached hydrogen (secondary N) is 1. The van der Waals surface area contributed by atoms with E-state index < -0.39 is 10.2 Å². The van der Waals surface area contributed by atoms with Crippen molar-refractivity contribution in [1.82, 2.24) is 13.9 Å². The third-order valence-electron chi connectivity index (χ3n) is 3.94. The van der Waals surface area contributed by atoms with Crippen LogP contribution in [0.15, 0.2) is 24.3 Å². The molecule has 1 aliphatic rings. The summed E-state index contributed by atoms with van der Waals surface area (Å²) in [7, 11) is -1.93. The van der Waals surface area contributed by atoms with Gasteiger partial charge in [-0.15, -0.1) is 12.4 Å². The molecule has 2 rings (SSSR count). The first-order chi connectivity index (χ1) is 10.5. The average Bonchev–Trinajstić information content (AvgIpc) is 2.52. The van der Waals surface area contributed by atoms with E-state index in [1.807, 2.05) is 6.92 Å². The highest BCUT2D eigenvalue weighted by Gasteiger charge is 2.35. The fourth-order valence-electron chi connectivity index (χ4n) is 2.63.